The van der Waals surface area contributed by atoms with Crippen LogP contribution in [0.1, 0.15) is 54.1 Å². The molecule has 388 valence electrons. The summed E-state index contributed by atoms with van der Waals surface area (Å²) in [5.74, 6) is 1.75. The van der Waals surface area contributed by atoms with E-state index in [-0.39, 0.29) is 37.6 Å². The summed E-state index contributed by atoms with van der Waals surface area (Å²) in [4.78, 5) is 28.2. The van der Waals surface area contributed by atoms with Gasteiger partial charge in [-0.2, -0.15) is 0 Å². The molecule has 0 radical (unpaired) electrons. The number of benzene rings is 10. The van der Waals surface area contributed by atoms with E-state index in [1.807, 2.05) is 218 Å². The fraction of sp³-hybridized carbons (Fsp3) is 0.118. The number of hydrogen-bond donors (Lipinski definition) is 0. The van der Waals surface area contributed by atoms with Gasteiger partial charge in [0.1, 0.15) is 98.5 Å². The van der Waals surface area contributed by atoms with Gasteiger partial charge < -0.3 is 37.9 Å². The van der Waals surface area contributed by atoms with E-state index in [1.54, 1.807) is 12.1 Å². The van der Waals surface area contributed by atoms with Crippen molar-refractivity contribution < 1.29 is 47.5 Å². The number of ether oxygens (including phenoxy) is 8. The third kappa shape index (κ3) is 14.3. The van der Waals surface area contributed by atoms with Crippen molar-refractivity contribution >= 4 is 33.5 Å². The molecular weight excluding hydrogens is 977 g/mol. The molecule has 0 amide bonds. The molecule has 0 fully saturated rings. The molecular formula is C68H56O10. The van der Waals surface area contributed by atoms with Crippen LogP contribution in [0.4, 0.5) is 0 Å². The van der Waals surface area contributed by atoms with Crippen LogP contribution >= 0.6 is 0 Å². The molecule has 0 spiro atoms. The fourth-order valence-corrected chi connectivity index (χ4v) is 8.58. The molecule has 10 rings (SSSR count). The lowest BCUT2D eigenvalue weighted by atomic mass is 10.1. The fourth-order valence-electron chi connectivity index (χ4n) is 8.58. The summed E-state index contributed by atoms with van der Waals surface area (Å²) < 4.78 is 49.5. The molecule has 10 aromatic carbocycles. The van der Waals surface area contributed by atoms with Crippen LogP contribution in [0.2, 0.25) is 0 Å². The number of fused-ring (bicyclic) bond motifs is 2. The highest BCUT2D eigenvalue weighted by molar-refractivity contribution is 5.99. The zero-order valence-electron chi connectivity index (χ0n) is 42.9. The second-order valence-corrected chi connectivity index (χ2v) is 18.6. The maximum Gasteiger partial charge on any atom is 0.342 e. The van der Waals surface area contributed by atoms with Crippen molar-refractivity contribution in [3.63, 3.8) is 0 Å². The van der Waals surface area contributed by atoms with Crippen LogP contribution in [0.25, 0.3) is 21.5 Å². The number of rotatable bonds is 24. The summed E-state index contributed by atoms with van der Waals surface area (Å²) >= 11 is 0. The van der Waals surface area contributed by atoms with Crippen LogP contribution in [-0.2, 0) is 49.1 Å². The third-order valence-electron chi connectivity index (χ3n) is 12.6. The molecule has 0 atom stereocenters. The van der Waals surface area contributed by atoms with E-state index in [2.05, 4.69) is 6.58 Å². The second kappa shape index (κ2) is 25.6. The second-order valence-electron chi connectivity index (χ2n) is 18.6. The van der Waals surface area contributed by atoms with Gasteiger partial charge in [-0.3, -0.25) is 0 Å². The summed E-state index contributed by atoms with van der Waals surface area (Å²) in [6, 6.07) is 73.1. The van der Waals surface area contributed by atoms with E-state index in [9.17, 15) is 9.59 Å². The molecule has 0 heterocycles. The lowest BCUT2D eigenvalue weighted by molar-refractivity contribution is 0.0459. The van der Waals surface area contributed by atoms with Crippen molar-refractivity contribution in [2.75, 3.05) is 13.2 Å². The summed E-state index contributed by atoms with van der Waals surface area (Å²) in [6.45, 7) is 5.51. The predicted molar refractivity (Wildman–Crippen MR) is 302 cm³/mol. The highest BCUT2D eigenvalue weighted by atomic mass is 16.5. The molecule has 0 bridgehead atoms. The van der Waals surface area contributed by atoms with Gasteiger partial charge in [0, 0.05) is 12.1 Å². The molecule has 10 nitrogen and oxygen atoms in total. The Labute approximate surface area is 453 Å². The van der Waals surface area contributed by atoms with Crippen molar-refractivity contribution in [1.29, 1.82) is 0 Å². The molecule has 10 heteroatoms. The molecule has 0 aliphatic rings. The Bertz CT molecular complexity index is 3280. The third-order valence-corrected chi connectivity index (χ3v) is 12.6. The Hall–Kier alpha value is -9.80. The van der Waals surface area contributed by atoms with Gasteiger partial charge in [0.05, 0.1) is 0 Å². The van der Waals surface area contributed by atoms with Gasteiger partial charge in [0.25, 0.3) is 0 Å². The van der Waals surface area contributed by atoms with Crippen molar-refractivity contribution in [1.82, 2.24) is 0 Å². The van der Waals surface area contributed by atoms with Crippen molar-refractivity contribution in [3.05, 3.63) is 287 Å². The SMILES string of the molecule is C=C(COc1cc2ccccc2cc1C(=O)OCc1cc(OCc2ccccc2)cc(OCc2ccccc2)c1)COc1cc2ccccc2cc1C(=O)OCc1cc(OCc2ccccc2)cc(OCc2ccccc2)c1. The summed E-state index contributed by atoms with van der Waals surface area (Å²) in [5, 5.41) is 3.42. The van der Waals surface area contributed by atoms with Gasteiger partial charge in [0.15, 0.2) is 0 Å². The van der Waals surface area contributed by atoms with E-state index in [0.29, 0.717) is 77.6 Å². The zero-order valence-corrected chi connectivity index (χ0v) is 42.9. The molecule has 0 aliphatic carbocycles. The van der Waals surface area contributed by atoms with Crippen molar-refractivity contribution in [3.8, 4) is 34.5 Å². The first kappa shape index (κ1) is 51.7. The van der Waals surface area contributed by atoms with E-state index >= 15 is 0 Å². The Kier molecular flexibility index (Phi) is 17.0. The number of carbonyl (C=O) groups is 2. The standard InChI is InChI=1S/C68H56O10/c1-48(40-75-65-36-57-28-16-14-26-55(57)34-63(65)67(69)77-46-53-30-59(71-42-49-18-6-2-7-19-49)38-60(31-53)72-43-50-20-8-3-9-21-50)41-76-66-37-58-29-17-15-27-56(58)35-64(66)68(70)78-47-54-32-61(73-44-51-22-10-4-11-23-51)39-62(33-54)74-45-52-24-12-5-13-25-52/h2-39H,1,40-47H2. The monoisotopic (exact) mass is 1030 g/mol. The first-order valence-corrected chi connectivity index (χ1v) is 25.6. The van der Waals surface area contributed by atoms with Gasteiger partial charge in [-0.15, -0.1) is 0 Å². The number of carbonyl (C=O) groups excluding carboxylic acids is 2. The van der Waals surface area contributed by atoms with Gasteiger partial charge in [-0.25, -0.2) is 9.59 Å². The lowest BCUT2D eigenvalue weighted by Gasteiger charge is -2.17. The van der Waals surface area contributed by atoms with Gasteiger partial charge >= 0.3 is 11.9 Å². The van der Waals surface area contributed by atoms with Gasteiger partial charge in [-0.05, 0) is 109 Å². The zero-order chi connectivity index (χ0) is 53.3. The Morgan fingerprint density at radius 2 is 0.577 bits per heavy atom. The Balaban J connectivity index is 0.812. The molecule has 0 aliphatic heterocycles. The van der Waals surface area contributed by atoms with Crippen LogP contribution in [0.5, 0.6) is 34.5 Å². The highest BCUT2D eigenvalue weighted by Gasteiger charge is 2.20. The van der Waals surface area contributed by atoms with E-state index in [4.69, 9.17) is 37.9 Å². The summed E-state index contributed by atoms with van der Waals surface area (Å²) in [7, 11) is 0. The van der Waals surface area contributed by atoms with E-state index in [0.717, 1.165) is 43.8 Å². The van der Waals surface area contributed by atoms with E-state index < -0.39 is 11.9 Å². The molecule has 0 saturated carbocycles. The Morgan fingerprint density at radius 3 is 0.885 bits per heavy atom. The number of hydrogen-bond acceptors (Lipinski definition) is 10. The minimum Gasteiger partial charge on any atom is -0.489 e. The minimum atomic E-state index is -0.582. The molecule has 0 N–H and O–H groups in total. The summed E-state index contributed by atoms with van der Waals surface area (Å²) in [6.07, 6.45) is 0. The maximum absolute atomic E-state index is 14.1. The van der Waals surface area contributed by atoms with Crippen LogP contribution < -0.4 is 28.4 Å². The van der Waals surface area contributed by atoms with Crippen molar-refractivity contribution in [2.24, 2.45) is 0 Å². The average Bonchev–Trinajstić information content (AvgIpc) is 3.49. The Morgan fingerprint density at radius 1 is 0.295 bits per heavy atom. The quantitative estimate of drug-likeness (QED) is 0.0429. The van der Waals surface area contributed by atoms with Crippen LogP contribution in [0.15, 0.2) is 243 Å². The van der Waals surface area contributed by atoms with Crippen LogP contribution in [-0.4, -0.2) is 25.2 Å². The highest BCUT2D eigenvalue weighted by Crippen LogP contribution is 2.32. The predicted octanol–water partition coefficient (Wildman–Crippen LogP) is 15.0. The normalized spacial score (nSPS) is 10.9. The van der Waals surface area contributed by atoms with Crippen molar-refractivity contribution in [2.45, 2.75) is 39.6 Å². The molecule has 0 unspecified atom stereocenters. The van der Waals surface area contributed by atoms with E-state index in [1.165, 1.54) is 0 Å². The van der Waals surface area contributed by atoms with Gasteiger partial charge in [0.2, 0.25) is 0 Å². The van der Waals surface area contributed by atoms with Crippen LogP contribution in [0, 0.1) is 0 Å². The minimum absolute atomic E-state index is 0.00769. The topological polar surface area (TPSA) is 108 Å². The number of esters is 2. The lowest BCUT2D eigenvalue weighted by Crippen LogP contribution is -2.14. The first-order chi connectivity index (χ1) is 38.3. The average molecular weight is 1030 g/mol. The largest absolute Gasteiger partial charge is 0.489 e. The molecule has 0 aromatic heterocycles. The molecule has 10 aromatic rings. The van der Waals surface area contributed by atoms with Crippen LogP contribution in [0.3, 0.4) is 0 Å². The van der Waals surface area contributed by atoms with Gasteiger partial charge in [-0.1, -0.05) is 176 Å². The first-order valence-electron chi connectivity index (χ1n) is 25.6. The maximum atomic E-state index is 14.1. The summed E-state index contributed by atoms with van der Waals surface area (Å²) in [5.41, 5.74) is 6.43. The molecule has 78 heavy (non-hydrogen) atoms. The smallest absolute Gasteiger partial charge is 0.342 e. The molecule has 0 saturated heterocycles.